The normalized spacial score (nSPS) is 18.1. The second-order valence-electron chi connectivity index (χ2n) is 9.37. The van der Waals surface area contributed by atoms with E-state index in [9.17, 15) is 9.18 Å². The van der Waals surface area contributed by atoms with Crippen LogP contribution in [-0.4, -0.2) is 35.4 Å². The number of halogens is 1. The monoisotopic (exact) mass is 443 g/mol. The second-order valence-corrected chi connectivity index (χ2v) is 9.37. The molecular formula is C28H30FN3O. The Hall–Kier alpha value is -3.05. The molecule has 3 aromatic rings. The van der Waals surface area contributed by atoms with E-state index in [2.05, 4.69) is 39.5 Å². The van der Waals surface area contributed by atoms with E-state index < -0.39 is 0 Å². The van der Waals surface area contributed by atoms with E-state index in [-0.39, 0.29) is 23.7 Å². The van der Waals surface area contributed by atoms with E-state index in [1.165, 1.54) is 36.1 Å². The van der Waals surface area contributed by atoms with Gasteiger partial charge >= 0.3 is 0 Å². The summed E-state index contributed by atoms with van der Waals surface area (Å²) >= 11 is 0. The van der Waals surface area contributed by atoms with Crippen LogP contribution in [0, 0.1) is 17.7 Å². The molecule has 5 rings (SSSR count). The number of nitrogens with one attached hydrogen (secondary N) is 1. The number of carbonyl (C=O) groups is 1. The minimum atomic E-state index is -0.380. The van der Waals surface area contributed by atoms with Crippen LogP contribution in [0.2, 0.25) is 0 Å². The molecule has 1 saturated heterocycles. The van der Waals surface area contributed by atoms with Crippen molar-refractivity contribution in [3.8, 4) is 0 Å². The molecule has 170 valence electrons. The lowest BCUT2D eigenvalue weighted by Crippen LogP contribution is -2.43. The van der Waals surface area contributed by atoms with E-state index in [0.29, 0.717) is 5.92 Å². The van der Waals surface area contributed by atoms with Crippen LogP contribution in [0.1, 0.15) is 41.3 Å². The number of piperidine rings is 1. The third-order valence-corrected chi connectivity index (χ3v) is 7.08. The molecular weight excluding hydrogens is 413 g/mol. The number of likely N-dealkylation sites (tertiary alicyclic amines) is 1. The minimum Gasteiger partial charge on any atom is -0.343 e. The highest BCUT2D eigenvalue weighted by Gasteiger charge is 2.30. The molecule has 1 atom stereocenters. The van der Waals surface area contributed by atoms with Gasteiger partial charge in [0.05, 0.1) is 11.7 Å². The Morgan fingerprint density at radius 2 is 1.64 bits per heavy atom. The maximum atomic E-state index is 13.5. The van der Waals surface area contributed by atoms with Crippen molar-refractivity contribution < 1.29 is 9.18 Å². The van der Waals surface area contributed by atoms with Gasteiger partial charge in [0.2, 0.25) is 5.91 Å². The summed E-state index contributed by atoms with van der Waals surface area (Å²) in [6, 6.07) is 20.4. The lowest BCUT2D eigenvalue weighted by molar-refractivity contribution is -0.127. The van der Waals surface area contributed by atoms with E-state index in [4.69, 9.17) is 0 Å². The molecule has 0 spiro atoms. The van der Waals surface area contributed by atoms with E-state index in [0.717, 1.165) is 43.7 Å². The fraction of sp³-hybridized carbons (Fsp3) is 0.357. The van der Waals surface area contributed by atoms with Crippen molar-refractivity contribution >= 4 is 5.91 Å². The average molecular weight is 444 g/mol. The molecule has 2 heterocycles. The molecule has 0 saturated carbocycles. The van der Waals surface area contributed by atoms with Crippen molar-refractivity contribution in [3.05, 3.63) is 101 Å². The molecule has 2 aromatic carbocycles. The summed E-state index contributed by atoms with van der Waals surface area (Å²) in [4.78, 5) is 20.2. The van der Waals surface area contributed by atoms with Gasteiger partial charge in [-0.2, -0.15) is 0 Å². The quantitative estimate of drug-likeness (QED) is 0.608. The highest BCUT2D eigenvalue weighted by molar-refractivity contribution is 5.79. The molecule has 2 aliphatic rings. The molecule has 0 unspecified atom stereocenters. The molecule has 4 nitrogen and oxygen atoms in total. The topological polar surface area (TPSA) is 45.2 Å². The molecule has 1 amide bonds. The summed E-state index contributed by atoms with van der Waals surface area (Å²) in [6.07, 6.45) is 5.78. The number of nitrogens with zero attached hydrogens (tertiary/aromatic N) is 2. The maximum absolute atomic E-state index is 13.5. The summed E-state index contributed by atoms with van der Waals surface area (Å²) in [6.45, 7) is 3.01. The third kappa shape index (κ3) is 5.14. The van der Waals surface area contributed by atoms with Gasteiger partial charge in [-0.3, -0.25) is 9.78 Å². The zero-order valence-electron chi connectivity index (χ0n) is 18.8. The Morgan fingerprint density at radius 3 is 2.27 bits per heavy atom. The Kier molecular flexibility index (Phi) is 6.49. The molecule has 0 bridgehead atoms. The van der Waals surface area contributed by atoms with Crippen LogP contribution >= 0.6 is 0 Å². The number of benzene rings is 2. The predicted octanol–water partition coefficient (Wildman–Crippen LogP) is 4.55. The van der Waals surface area contributed by atoms with Gasteiger partial charge < -0.3 is 10.2 Å². The average Bonchev–Trinajstić information content (AvgIpc) is 3.26. The van der Waals surface area contributed by atoms with Crippen molar-refractivity contribution in [2.75, 3.05) is 19.6 Å². The van der Waals surface area contributed by atoms with Gasteiger partial charge in [-0.1, -0.05) is 42.5 Å². The van der Waals surface area contributed by atoms with Crippen LogP contribution in [0.4, 0.5) is 4.39 Å². The van der Waals surface area contributed by atoms with Gasteiger partial charge in [0.15, 0.2) is 0 Å². The third-order valence-electron chi connectivity index (χ3n) is 7.08. The van der Waals surface area contributed by atoms with Crippen LogP contribution in [0.25, 0.3) is 0 Å². The number of carbonyl (C=O) groups excluding carboxylic acids is 1. The Labute approximate surface area is 194 Å². The van der Waals surface area contributed by atoms with Gasteiger partial charge in [-0.05, 0) is 85.6 Å². The molecule has 1 fully saturated rings. The van der Waals surface area contributed by atoms with Crippen LogP contribution < -0.4 is 5.32 Å². The summed E-state index contributed by atoms with van der Waals surface area (Å²) in [7, 11) is 0. The van der Waals surface area contributed by atoms with Crippen molar-refractivity contribution in [2.24, 2.45) is 11.8 Å². The largest absolute Gasteiger partial charge is 0.343 e. The number of hydrogen-bond donors (Lipinski definition) is 1. The summed E-state index contributed by atoms with van der Waals surface area (Å²) in [5.74, 6) is 0.443. The molecule has 1 aliphatic heterocycles. The molecule has 1 N–H and O–H groups in total. The Bertz CT molecular complexity index is 1050. The van der Waals surface area contributed by atoms with Crippen LogP contribution in [-0.2, 0) is 17.6 Å². The van der Waals surface area contributed by atoms with Gasteiger partial charge in [0.1, 0.15) is 5.82 Å². The SMILES string of the molecule is O=C(N[C@H](c1ccc(F)cc1)c1ccccn1)C1CCN(CC2Cc3ccccc3C2)CC1. The summed E-state index contributed by atoms with van der Waals surface area (Å²) < 4.78 is 13.5. The zero-order valence-corrected chi connectivity index (χ0v) is 18.8. The highest BCUT2D eigenvalue weighted by Crippen LogP contribution is 2.29. The van der Waals surface area contributed by atoms with Crippen LogP contribution in [0.5, 0.6) is 0 Å². The van der Waals surface area contributed by atoms with Crippen molar-refractivity contribution in [3.63, 3.8) is 0 Å². The van der Waals surface area contributed by atoms with Gasteiger partial charge in [-0.25, -0.2) is 4.39 Å². The molecule has 1 aromatic heterocycles. The van der Waals surface area contributed by atoms with Crippen LogP contribution in [0.3, 0.4) is 0 Å². The van der Waals surface area contributed by atoms with Gasteiger partial charge in [0.25, 0.3) is 0 Å². The zero-order chi connectivity index (χ0) is 22.6. The standard InChI is InChI=1S/C28H30FN3O/c29-25-10-8-21(9-11-25)27(26-7-3-4-14-30-26)31-28(33)22-12-15-32(16-13-22)19-20-17-23-5-1-2-6-24(23)18-20/h1-11,14,20,22,27H,12-13,15-19H2,(H,31,33)/t27-/m1/s1. The minimum absolute atomic E-state index is 0.00585. The van der Waals surface area contributed by atoms with Crippen LogP contribution in [0.15, 0.2) is 72.9 Å². The lowest BCUT2D eigenvalue weighted by Gasteiger charge is -2.33. The Balaban J connectivity index is 1.18. The lowest BCUT2D eigenvalue weighted by atomic mass is 9.93. The fourth-order valence-corrected chi connectivity index (χ4v) is 5.31. The molecule has 0 radical (unpaired) electrons. The number of fused-ring (bicyclic) bond motifs is 1. The first-order chi connectivity index (χ1) is 16.2. The maximum Gasteiger partial charge on any atom is 0.224 e. The van der Waals surface area contributed by atoms with Gasteiger partial charge in [-0.15, -0.1) is 0 Å². The number of amides is 1. The molecule has 1 aliphatic carbocycles. The highest BCUT2D eigenvalue weighted by atomic mass is 19.1. The van der Waals surface area contributed by atoms with Crippen molar-refractivity contribution in [1.82, 2.24) is 15.2 Å². The molecule has 33 heavy (non-hydrogen) atoms. The number of hydrogen-bond acceptors (Lipinski definition) is 3. The molecule has 5 heteroatoms. The Morgan fingerprint density at radius 1 is 0.970 bits per heavy atom. The van der Waals surface area contributed by atoms with Crippen molar-refractivity contribution in [1.29, 1.82) is 0 Å². The first-order valence-corrected chi connectivity index (χ1v) is 11.9. The van der Waals surface area contributed by atoms with E-state index in [1.54, 1.807) is 18.3 Å². The number of rotatable bonds is 6. The fourth-order valence-electron chi connectivity index (χ4n) is 5.31. The first kappa shape index (κ1) is 21.8. The van der Waals surface area contributed by atoms with Crippen molar-refractivity contribution in [2.45, 2.75) is 31.7 Å². The number of pyridine rings is 1. The number of aromatic nitrogens is 1. The summed E-state index contributed by atoms with van der Waals surface area (Å²) in [5, 5.41) is 3.20. The second kappa shape index (κ2) is 9.84. The van der Waals surface area contributed by atoms with Gasteiger partial charge in [0, 0.05) is 18.7 Å². The summed E-state index contributed by atoms with van der Waals surface area (Å²) in [5.41, 5.74) is 4.59. The smallest absolute Gasteiger partial charge is 0.224 e. The van der Waals surface area contributed by atoms with E-state index >= 15 is 0 Å². The first-order valence-electron chi connectivity index (χ1n) is 11.9. The predicted molar refractivity (Wildman–Crippen MR) is 127 cm³/mol. The van der Waals surface area contributed by atoms with E-state index in [1.807, 2.05) is 18.2 Å².